The summed E-state index contributed by atoms with van der Waals surface area (Å²) in [6.07, 6.45) is 1.91. The van der Waals surface area contributed by atoms with Crippen LogP contribution in [0.5, 0.6) is 11.5 Å². The molecule has 2 aromatic rings. The molecule has 1 aliphatic rings. The zero-order chi connectivity index (χ0) is 21.8. The Hall–Kier alpha value is -3.13. The van der Waals surface area contributed by atoms with Crippen molar-refractivity contribution in [3.05, 3.63) is 57.1 Å². The average molecular weight is 414 g/mol. The van der Waals surface area contributed by atoms with E-state index in [0.717, 1.165) is 52.5 Å². The molecule has 1 unspecified atom stereocenters. The lowest BCUT2D eigenvalue weighted by atomic mass is 10.0. The third-order valence-corrected chi connectivity index (χ3v) is 5.77. The van der Waals surface area contributed by atoms with E-state index in [2.05, 4.69) is 5.32 Å². The van der Waals surface area contributed by atoms with Crippen molar-refractivity contribution < 1.29 is 24.1 Å². The monoisotopic (exact) mass is 414 g/mol. The summed E-state index contributed by atoms with van der Waals surface area (Å²) in [5.74, 6) is 1.27. The van der Waals surface area contributed by atoms with Gasteiger partial charge in [-0.3, -0.25) is 14.9 Å². The number of nitro groups is 1. The number of aryl methyl sites for hydroxylation is 2. The number of quaternary nitrogens is 1. The van der Waals surface area contributed by atoms with E-state index in [1.165, 1.54) is 6.07 Å². The van der Waals surface area contributed by atoms with E-state index >= 15 is 0 Å². The number of nitrogens with zero attached hydrogens (tertiary/aromatic N) is 1. The summed E-state index contributed by atoms with van der Waals surface area (Å²) in [4.78, 5) is 24.8. The number of nitro benzene ring substituents is 1. The van der Waals surface area contributed by atoms with E-state index < -0.39 is 4.92 Å². The van der Waals surface area contributed by atoms with E-state index in [-0.39, 0.29) is 29.9 Å². The van der Waals surface area contributed by atoms with Gasteiger partial charge in [0, 0.05) is 18.9 Å². The highest BCUT2D eigenvalue weighted by atomic mass is 16.6. The molecule has 0 saturated carbocycles. The maximum Gasteiger partial charge on any atom is 0.293 e. The van der Waals surface area contributed by atoms with Crippen LogP contribution < -0.4 is 19.7 Å². The Morgan fingerprint density at radius 1 is 1.20 bits per heavy atom. The number of benzene rings is 2. The standard InChI is InChI=1S/C22H27N3O5/c1-14-10-18(20(25(27)28)11-15(14)2)23-22(26)13-24-9-5-6-19(24)17-12-16(29-3)7-8-21(17)30-4/h7-8,10-12,19H,5-6,9,13H2,1-4H3,(H,23,26)/p+1/t19-/m1/s1. The Bertz CT molecular complexity index is 960. The Labute approximate surface area is 175 Å². The summed E-state index contributed by atoms with van der Waals surface area (Å²) in [5, 5.41) is 14.2. The Morgan fingerprint density at radius 3 is 2.60 bits per heavy atom. The maximum atomic E-state index is 12.8. The van der Waals surface area contributed by atoms with Crippen LogP contribution in [0.25, 0.3) is 0 Å². The van der Waals surface area contributed by atoms with Crippen molar-refractivity contribution in [2.24, 2.45) is 0 Å². The number of carbonyl (C=O) groups is 1. The number of hydrogen-bond donors (Lipinski definition) is 2. The van der Waals surface area contributed by atoms with Gasteiger partial charge < -0.3 is 19.7 Å². The van der Waals surface area contributed by atoms with Gasteiger partial charge in [0.1, 0.15) is 23.2 Å². The van der Waals surface area contributed by atoms with E-state index in [0.29, 0.717) is 0 Å². The molecule has 0 aliphatic carbocycles. The minimum absolute atomic E-state index is 0.0890. The second-order valence-electron chi connectivity index (χ2n) is 7.65. The molecule has 0 radical (unpaired) electrons. The van der Waals surface area contributed by atoms with Gasteiger partial charge in [0.05, 0.1) is 31.3 Å². The zero-order valence-electron chi connectivity index (χ0n) is 17.8. The molecule has 0 spiro atoms. The molecule has 1 aliphatic heterocycles. The first-order valence-corrected chi connectivity index (χ1v) is 9.96. The number of ether oxygens (including phenoxy) is 2. The van der Waals surface area contributed by atoms with Gasteiger partial charge in [-0.1, -0.05) is 0 Å². The zero-order valence-corrected chi connectivity index (χ0v) is 17.8. The summed E-state index contributed by atoms with van der Waals surface area (Å²) < 4.78 is 10.9. The normalized spacial score (nSPS) is 18.1. The van der Waals surface area contributed by atoms with Crippen molar-refractivity contribution in [2.75, 3.05) is 32.6 Å². The molecule has 30 heavy (non-hydrogen) atoms. The lowest BCUT2D eigenvalue weighted by molar-refractivity contribution is -0.910. The summed E-state index contributed by atoms with van der Waals surface area (Å²) in [6, 6.07) is 8.94. The van der Waals surface area contributed by atoms with Crippen molar-refractivity contribution in [2.45, 2.75) is 32.7 Å². The summed E-state index contributed by atoms with van der Waals surface area (Å²) >= 11 is 0. The van der Waals surface area contributed by atoms with Crippen LogP contribution in [0.2, 0.25) is 0 Å². The molecule has 0 aromatic heterocycles. The minimum atomic E-state index is -0.464. The molecule has 160 valence electrons. The largest absolute Gasteiger partial charge is 0.497 e. The van der Waals surface area contributed by atoms with Gasteiger partial charge in [-0.05, 0) is 49.2 Å². The maximum absolute atomic E-state index is 12.8. The van der Waals surface area contributed by atoms with Crippen LogP contribution in [-0.2, 0) is 4.79 Å². The number of hydrogen-bond acceptors (Lipinski definition) is 5. The third-order valence-electron chi connectivity index (χ3n) is 5.77. The molecule has 3 rings (SSSR count). The number of methoxy groups -OCH3 is 2. The Kier molecular flexibility index (Phi) is 6.56. The molecule has 1 amide bonds. The number of carbonyl (C=O) groups excluding carboxylic acids is 1. The van der Waals surface area contributed by atoms with E-state index in [1.807, 2.05) is 32.0 Å². The molecule has 0 bridgehead atoms. The first-order valence-electron chi connectivity index (χ1n) is 9.96. The van der Waals surface area contributed by atoms with Crippen LogP contribution in [0, 0.1) is 24.0 Å². The second kappa shape index (κ2) is 9.13. The predicted octanol–water partition coefficient (Wildman–Crippen LogP) is 2.59. The van der Waals surface area contributed by atoms with Crippen LogP contribution in [0.1, 0.15) is 35.6 Å². The lowest BCUT2D eigenvalue weighted by Gasteiger charge is -2.23. The Balaban J connectivity index is 1.79. The first kappa shape index (κ1) is 21.6. The van der Waals surface area contributed by atoms with Crippen molar-refractivity contribution in [1.29, 1.82) is 0 Å². The summed E-state index contributed by atoms with van der Waals surface area (Å²) in [6.45, 7) is 4.74. The second-order valence-corrected chi connectivity index (χ2v) is 7.65. The quantitative estimate of drug-likeness (QED) is 0.536. The van der Waals surface area contributed by atoms with Crippen LogP contribution in [0.3, 0.4) is 0 Å². The SMILES string of the molecule is COc1ccc(OC)c([C@H]2CCC[NH+]2CC(=O)Nc2cc(C)c(C)cc2[N+](=O)[O-])c1. The average Bonchev–Trinajstić information content (AvgIpc) is 3.17. The molecule has 1 heterocycles. The fraction of sp³-hybridized carbons (Fsp3) is 0.409. The topological polar surface area (TPSA) is 95.1 Å². The van der Waals surface area contributed by atoms with Gasteiger partial charge in [0.2, 0.25) is 0 Å². The third kappa shape index (κ3) is 4.54. The highest BCUT2D eigenvalue weighted by Crippen LogP contribution is 2.32. The van der Waals surface area contributed by atoms with E-state index in [1.54, 1.807) is 20.3 Å². The van der Waals surface area contributed by atoms with Gasteiger partial charge in [-0.15, -0.1) is 0 Å². The molecule has 8 heteroatoms. The van der Waals surface area contributed by atoms with Crippen molar-refractivity contribution in [1.82, 2.24) is 0 Å². The lowest BCUT2D eigenvalue weighted by Crippen LogP contribution is -3.11. The van der Waals surface area contributed by atoms with Crippen LogP contribution in [-0.4, -0.2) is 38.1 Å². The van der Waals surface area contributed by atoms with Crippen molar-refractivity contribution >= 4 is 17.3 Å². The molecule has 2 N–H and O–H groups in total. The van der Waals surface area contributed by atoms with Gasteiger partial charge in [-0.25, -0.2) is 0 Å². The summed E-state index contributed by atoms with van der Waals surface area (Å²) in [7, 11) is 3.25. The van der Waals surface area contributed by atoms with Crippen LogP contribution >= 0.6 is 0 Å². The molecular weight excluding hydrogens is 386 g/mol. The fourth-order valence-corrected chi connectivity index (χ4v) is 4.06. The number of rotatable bonds is 7. The Morgan fingerprint density at radius 2 is 1.93 bits per heavy atom. The number of amides is 1. The molecular formula is C22H28N3O5+. The van der Waals surface area contributed by atoms with Crippen molar-refractivity contribution in [3.8, 4) is 11.5 Å². The molecule has 1 saturated heterocycles. The minimum Gasteiger partial charge on any atom is -0.497 e. The highest BCUT2D eigenvalue weighted by Gasteiger charge is 2.34. The fourth-order valence-electron chi connectivity index (χ4n) is 4.06. The van der Waals surface area contributed by atoms with Gasteiger partial charge in [-0.2, -0.15) is 0 Å². The predicted molar refractivity (Wildman–Crippen MR) is 113 cm³/mol. The van der Waals surface area contributed by atoms with Crippen LogP contribution in [0.15, 0.2) is 30.3 Å². The number of nitrogens with one attached hydrogen (secondary N) is 2. The number of anilines is 1. The summed E-state index contributed by atoms with van der Waals surface area (Å²) in [5.41, 5.74) is 2.86. The van der Waals surface area contributed by atoms with Crippen molar-refractivity contribution in [3.63, 3.8) is 0 Å². The van der Waals surface area contributed by atoms with Gasteiger partial charge in [0.15, 0.2) is 6.54 Å². The van der Waals surface area contributed by atoms with Crippen LogP contribution in [0.4, 0.5) is 11.4 Å². The smallest absolute Gasteiger partial charge is 0.293 e. The number of likely N-dealkylation sites (tertiary alicyclic amines) is 1. The van der Waals surface area contributed by atoms with Gasteiger partial charge in [0.25, 0.3) is 11.6 Å². The highest BCUT2D eigenvalue weighted by molar-refractivity contribution is 5.94. The van der Waals surface area contributed by atoms with Gasteiger partial charge >= 0.3 is 0 Å². The molecule has 2 atom stereocenters. The molecule has 2 aromatic carbocycles. The van der Waals surface area contributed by atoms with E-state index in [4.69, 9.17) is 9.47 Å². The first-order chi connectivity index (χ1) is 14.3. The van der Waals surface area contributed by atoms with E-state index in [9.17, 15) is 14.9 Å². The molecule has 8 nitrogen and oxygen atoms in total. The molecule has 1 fully saturated rings.